The van der Waals surface area contributed by atoms with E-state index in [-0.39, 0.29) is 11.9 Å². The molecule has 1 aromatic carbocycles. The summed E-state index contributed by atoms with van der Waals surface area (Å²) >= 11 is 1.46. The fraction of sp³-hybridized carbons (Fsp3) is 0.438. The first-order chi connectivity index (χ1) is 11.3. The maximum Gasteiger partial charge on any atom is 0.294 e. The summed E-state index contributed by atoms with van der Waals surface area (Å²) in [6, 6.07) is 10.2. The smallest absolute Gasteiger partial charge is 0.294 e. The Hall–Kier alpha value is -1.99. The molecule has 1 fully saturated rings. The van der Waals surface area contributed by atoms with Crippen LogP contribution >= 0.6 is 11.3 Å². The quantitative estimate of drug-likeness (QED) is 0.907. The van der Waals surface area contributed by atoms with E-state index in [1.807, 2.05) is 25.1 Å². The molecule has 0 unspecified atom stereocenters. The van der Waals surface area contributed by atoms with Crippen LogP contribution in [0.25, 0.3) is 0 Å². The van der Waals surface area contributed by atoms with E-state index in [1.165, 1.54) is 11.3 Å². The van der Waals surface area contributed by atoms with Crippen molar-refractivity contribution in [2.75, 3.05) is 19.7 Å². The maximum absolute atomic E-state index is 12.0. The van der Waals surface area contributed by atoms with Crippen molar-refractivity contribution >= 4 is 17.2 Å². The number of rotatable bonds is 5. The Bertz CT molecular complexity index is 647. The van der Waals surface area contributed by atoms with Gasteiger partial charge in [-0.3, -0.25) is 9.69 Å². The SMILES string of the molecule is CCOc1nnc(CN2CCNC(=O)C[C@H]2c2ccccc2)s1. The second-order valence-corrected chi connectivity index (χ2v) is 6.37. The van der Waals surface area contributed by atoms with Gasteiger partial charge in [0.05, 0.1) is 13.2 Å². The van der Waals surface area contributed by atoms with E-state index in [1.54, 1.807) is 0 Å². The zero-order chi connectivity index (χ0) is 16.1. The monoisotopic (exact) mass is 332 g/mol. The van der Waals surface area contributed by atoms with E-state index in [0.29, 0.717) is 31.3 Å². The van der Waals surface area contributed by atoms with Gasteiger partial charge in [-0.15, -0.1) is 10.2 Å². The van der Waals surface area contributed by atoms with E-state index in [2.05, 4.69) is 32.5 Å². The van der Waals surface area contributed by atoms with Crippen molar-refractivity contribution in [3.8, 4) is 5.19 Å². The zero-order valence-electron chi connectivity index (χ0n) is 13.1. The summed E-state index contributed by atoms with van der Waals surface area (Å²) in [6.45, 7) is 4.62. The third-order valence-electron chi connectivity index (χ3n) is 3.78. The van der Waals surface area contributed by atoms with Gasteiger partial charge in [0.25, 0.3) is 5.19 Å². The summed E-state index contributed by atoms with van der Waals surface area (Å²) in [5, 5.41) is 12.7. The third-order valence-corrected chi connectivity index (χ3v) is 4.60. The van der Waals surface area contributed by atoms with Crippen LogP contribution in [0.4, 0.5) is 0 Å². The van der Waals surface area contributed by atoms with Crippen molar-refractivity contribution in [1.29, 1.82) is 0 Å². The Balaban J connectivity index is 1.79. The number of hydrogen-bond donors (Lipinski definition) is 1. The van der Waals surface area contributed by atoms with Gasteiger partial charge in [0.1, 0.15) is 5.01 Å². The zero-order valence-corrected chi connectivity index (χ0v) is 13.9. The Kier molecular flexibility index (Phi) is 5.19. The number of nitrogens with one attached hydrogen (secondary N) is 1. The lowest BCUT2D eigenvalue weighted by atomic mass is 10.0. The molecule has 2 heterocycles. The summed E-state index contributed by atoms with van der Waals surface area (Å²) in [5.74, 6) is 0.0913. The normalized spacial score (nSPS) is 19.2. The topological polar surface area (TPSA) is 67.4 Å². The van der Waals surface area contributed by atoms with Gasteiger partial charge in [0.15, 0.2) is 0 Å². The fourth-order valence-electron chi connectivity index (χ4n) is 2.72. The second-order valence-electron chi connectivity index (χ2n) is 5.35. The standard InChI is InChI=1S/C16H20N4O2S/c1-2-22-16-19-18-15(23-16)11-20-9-8-17-14(21)10-13(20)12-6-4-3-5-7-12/h3-7,13H,2,8-11H2,1H3,(H,17,21)/t13-/m0/s1. The molecule has 1 aromatic heterocycles. The highest BCUT2D eigenvalue weighted by atomic mass is 32.1. The van der Waals surface area contributed by atoms with Gasteiger partial charge in [-0.05, 0) is 12.5 Å². The molecule has 1 N–H and O–H groups in total. The minimum Gasteiger partial charge on any atom is -0.469 e. The van der Waals surface area contributed by atoms with E-state index >= 15 is 0 Å². The summed E-state index contributed by atoms with van der Waals surface area (Å²) in [7, 11) is 0. The molecular weight excluding hydrogens is 312 g/mol. The molecule has 0 bridgehead atoms. The van der Waals surface area contributed by atoms with Crippen LogP contribution in [-0.4, -0.2) is 40.7 Å². The molecule has 0 saturated carbocycles. The molecule has 23 heavy (non-hydrogen) atoms. The van der Waals surface area contributed by atoms with E-state index in [0.717, 1.165) is 17.1 Å². The van der Waals surface area contributed by atoms with Crippen LogP contribution in [0.15, 0.2) is 30.3 Å². The number of aromatic nitrogens is 2. The highest BCUT2D eigenvalue weighted by Gasteiger charge is 2.27. The van der Waals surface area contributed by atoms with Crippen LogP contribution in [0.2, 0.25) is 0 Å². The predicted molar refractivity (Wildman–Crippen MR) is 88.3 cm³/mol. The third kappa shape index (κ3) is 4.05. The van der Waals surface area contributed by atoms with Crippen LogP contribution < -0.4 is 10.1 Å². The molecule has 0 spiro atoms. The average molecular weight is 332 g/mol. The summed E-state index contributed by atoms with van der Waals surface area (Å²) < 4.78 is 5.39. The highest BCUT2D eigenvalue weighted by Crippen LogP contribution is 2.28. The molecule has 3 rings (SSSR count). The summed E-state index contributed by atoms with van der Waals surface area (Å²) in [4.78, 5) is 14.3. The molecule has 1 atom stereocenters. The molecule has 1 saturated heterocycles. The number of amides is 1. The number of benzene rings is 1. The molecular formula is C16H20N4O2S. The van der Waals surface area contributed by atoms with Crippen LogP contribution in [0.3, 0.4) is 0 Å². The van der Waals surface area contributed by atoms with Crippen molar-refractivity contribution < 1.29 is 9.53 Å². The number of carbonyl (C=O) groups is 1. The first-order valence-corrected chi connectivity index (χ1v) is 8.58. The van der Waals surface area contributed by atoms with Crippen LogP contribution in [0, 0.1) is 0 Å². The van der Waals surface area contributed by atoms with Crippen molar-refractivity contribution in [3.63, 3.8) is 0 Å². The lowest BCUT2D eigenvalue weighted by Crippen LogP contribution is -2.30. The molecule has 0 aliphatic carbocycles. The van der Waals surface area contributed by atoms with Crippen LogP contribution in [0.5, 0.6) is 5.19 Å². The van der Waals surface area contributed by atoms with Crippen molar-refractivity contribution in [2.45, 2.75) is 25.9 Å². The maximum atomic E-state index is 12.0. The van der Waals surface area contributed by atoms with Crippen molar-refractivity contribution in [1.82, 2.24) is 20.4 Å². The molecule has 6 nitrogen and oxygen atoms in total. The molecule has 7 heteroatoms. The van der Waals surface area contributed by atoms with Gasteiger partial charge in [-0.25, -0.2) is 0 Å². The predicted octanol–water partition coefficient (Wildman–Crippen LogP) is 2.00. The van der Waals surface area contributed by atoms with Crippen molar-refractivity contribution in [2.24, 2.45) is 0 Å². The molecule has 122 valence electrons. The minimum atomic E-state index is 0.0538. The second kappa shape index (κ2) is 7.52. The van der Waals surface area contributed by atoms with E-state index in [4.69, 9.17) is 4.74 Å². The Morgan fingerprint density at radius 2 is 2.17 bits per heavy atom. The number of ether oxygens (including phenoxy) is 1. The van der Waals surface area contributed by atoms with Crippen LogP contribution in [-0.2, 0) is 11.3 Å². The lowest BCUT2D eigenvalue weighted by Gasteiger charge is -2.28. The Labute approximate surface area is 139 Å². The first-order valence-electron chi connectivity index (χ1n) is 7.77. The first kappa shape index (κ1) is 15.9. The number of nitrogens with zero attached hydrogens (tertiary/aromatic N) is 3. The lowest BCUT2D eigenvalue weighted by molar-refractivity contribution is -0.121. The molecule has 2 aromatic rings. The number of carbonyl (C=O) groups excluding carboxylic acids is 1. The Morgan fingerprint density at radius 3 is 2.96 bits per heavy atom. The van der Waals surface area contributed by atoms with Gasteiger partial charge in [-0.2, -0.15) is 0 Å². The highest BCUT2D eigenvalue weighted by molar-refractivity contribution is 7.13. The molecule has 1 aliphatic rings. The van der Waals surface area contributed by atoms with E-state index < -0.39 is 0 Å². The van der Waals surface area contributed by atoms with Crippen molar-refractivity contribution in [3.05, 3.63) is 40.9 Å². The van der Waals surface area contributed by atoms with Gasteiger partial charge >= 0.3 is 0 Å². The van der Waals surface area contributed by atoms with Gasteiger partial charge in [0.2, 0.25) is 5.91 Å². The van der Waals surface area contributed by atoms with E-state index in [9.17, 15) is 4.79 Å². The van der Waals surface area contributed by atoms with Crippen LogP contribution in [0.1, 0.15) is 30.0 Å². The number of hydrogen-bond acceptors (Lipinski definition) is 6. The van der Waals surface area contributed by atoms with Gasteiger partial charge in [0, 0.05) is 25.6 Å². The minimum absolute atomic E-state index is 0.0538. The van der Waals surface area contributed by atoms with Gasteiger partial charge in [-0.1, -0.05) is 41.7 Å². The largest absolute Gasteiger partial charge is 0.469 e. The fourth-order valence-corrected chi connectivity index (χ4v) is 3.49. The Morgan fingerprint density at radius 1 is 1.35 bits per heavy atom. The average Bonchev–Trinajstić information content (AvgIpc) is 2.91. The molecule has 1 amide bonds. The molecule has 1 aliphatic heterocycles. The molecule has 0 radical (unpaired) electrons. The summed E-state index contributed by atoms with van der Waals surface area (Å²) in [5.41, 5.74) is 1.15. The summed E-state index contributed by atoms with van der Waals surface area (Å²) in [6.07, 6.45) is 0.459. The van der Waals surface area contributed by atoms with Gasteiger partial charge < -0.3 is 10.1 Å².